The van der Waals surface area contributed by atoms with Crippen LogP contribution < -0.4 is 101 Å². The van der Waals surface area contributed by atoms with E-state index in [1.165, 1.54) is 0 Å². The molecule has 0 aromatic carbocycles. The third-order valence-electron chi connectivity index (χ3n) is 20.5. The van der Waals surface area contributed by atoms with Gasteiger partial charge in [0.05, 0.1) is 0 Å². The maximum absolute atomic E-state index is 11.7. The number of hydrogen-bond acceptors (Lipinski definition) is 25. The number of nitrogens with zero attached hydrogens (tertiary/aromatic N) is 6. The minimum atomic E-state index is -0.00223. The Morgan fingerprint density at radius 2 is 0.266 bits per heavy atom. The van der Waals surface area contributed by atoms with Crippen molar-refractivity contribution >= 4 is 82.7 Å². The van der Waals surface area contributed by atoms with Gasteiger partial charge in [0.25, 0.3) is 0 Å². The fourth-order valence-corrected chi connectivity index (χ4v) is 12.1. The van der Waals surface area contributed by atoms with E-state index in [0.29, 0.717) is 168 Å². The van der Waals surface area contributed by atoms with Gasteiger partial charge in [-0.05, 0) is 123 Å². The summed E-state index contributed by atoms with van der Waals surface area (Å²) in [6.45, 7) is 21.7. The first-order valence-corrected chi connectivity index (χ1v) is 45.5. The standard InChI is InChI=1S/2C23H47N7O4.C20H41N5O3.C19H40N6O3/c1-24-20(31)8-12-28-13-19-30(18-11-23(34)27-4)15-7-5-6-14-29(16-9-21(32)25-2)17-10-22(33)26-3;1-24-20(31)8-15-29(16-9-21(32)25-2)14-7-5-6-12-28-13-19-30(17-10-22(33)26-3)18-11-23(34)27-4;1-21-18(26)10-6-4-7-13-24-14-8-5-9-15-25(16-11-19(27)22-2)17-12-20(28)23-3;1-20-17(26)7-11-23-10-5-4-6-14-25(15-9-19(28)22-3)16-13-24-12-8-18(27)21-2/h2*28H,5-19H2,1-4H3,(H,24,31)(H,25,32)(H,26,33)(H,27,34);24H,4-17H2,1-3H3,(H,21,26)(H,22,27)(H,23,28);23-24H,4-16H2,1-3H3,(H,20,26)(H,21,27)(H,22,28). The summed E-state index contributed by atoms with van der Waals surface area (Å²) < 4.78 is 0. The van der Waals surface area contributed by atoms with Gasteiger partial charge in [-0.25, -0.2) is 0 Å². The lowest BCUT2D eigenvalue weighted by molar-refractivity contribution is -0.122. The van der Waals surface area contributed by atoms with Crippen molar-refractivity contribution in [1.29, 1.82) is 0 Å². The van der Waals surface area contributed by atoms with Gasteiger partial charge < -0.3 is 130 Å². The lowest BCUT2D eigenvalue weighted by Gasteiger charge is -2.23. The van der Waals surface area contributed by atoms with Gasteiger partial charge in [0, 0.05) is 313 Å². The molecule has 0 atom stereocenters. The van der Waals surface area contributed by atoms with Gasteiger partial charge in [-0.3, -0.25) is 67.1 Å². The van der Waals surface area contributed by atoms with Crippen LogP contribution in [-0.4, -0.2) is 394 Å². The lowest BCUT2D eigenvalue weighted by Crippen LogP contribution is -2.37. The Morgan fingerprint density at radius 1 is 0.129 bits per heavy atom. The van der Waals surface area contributed by atoms with Gasteiger partial charge in [0.2, 0.25) is 82.7 Å². The van der Waals surface area contributed by atoms with E-state index in [0.717, 1.165) is 201 Å². The smallest absolute Gasteiger partial charge is 0.221 e. The summed E-state index contributed by atoms with van der Waals surface area (Å²) in [4.78, 5) is 173. The summed E-state index contributed by atoms with van der Waals surface area (Å²) in [6, 6.07) is 0. The second kappa shape index (κ2) is 91.4. The molecule has 0 aliphatic rings. The van der Waals surface area contributed by atoms with Crippen LogP contribution >= 0.6 is 0 Å². The van der Waals surface area contributed by atoms with Crippen LogP contribution in [0.15, 0.2) is 0 Å². The van der Waals surface area contributed by atoms with E-state index in [1.54, 1.807) is 98.7 Å². The van der Waals surface area contributed by atoms with E-state index in [2.05, 4.69) is 130 Å². The molecule has 0 bridgehead atoms. The van der Waals surface area contributed by atoms with E-state index < -0.39 is 0 Å². The third kappa shape index (κ3) is 86.3. The minimum Gasteiger partial charge on any atom is -0.359 e. The zero-order valence-electron chi connectivity index (χ0n) is 79.2. The van der Waals surface area contributed by atoms with Crippen molar-refractivity contribution in [3.05, 3.63) is 0 Å². The highest BCUT2D eigenvalue weighted by atomic mass is 16.2. The second-order valence-corrected chi connectivity index (χ2v) is 30.0. The Bertz CT molecular complexity index is 2620. The quantitative estimate of drug-likeness (QED) is 0.0279. The Balaban J connectivity index is -0.000000777. The molecule has 14 amide bonds. The molecule has 0 aliphatic heterocycles. The molecule has 0 rings (SSSR count). The zero-order valence-corrected chi connectivity index (χ0v) is 79.2. The Kier molecular flexibility index (Phi) is 90.2. The molecule has 124 heavy (non-hydrogen) atoms. The third-order valence-corrected chi connectivity index (χ3v) is 20.5. The molecule has 0 saturated carbocycles. The summed E-state index contributed by atoms with van der Waals surface area (Å²) in [6.07, 6.45) is 22.3. The first-order chi connectivity index (χ1) is 59.8. The van der Waals surface area contributed by atoms with Crippen molar-refractivity contribution in [2.45, 2.75) is 186 Å². The van der Waals surface area contributed by atoms with Crippen LogP contribution in [0, 0.1) is 0 Å². The Morgan fingerprint density at radius 3 is 0.468 bits per heavy atom. The fourth-order valence-electron chi connectivity index (χ4n) is 12.1. The number of amides is 14. The summed E-state index contributed by atoms with van der Waals surface area (Å²) >= 11 is 0. The SMILES string of the molecule is CNC(=O)CCCCCNCCCCCN(CCC(=O)NC)CCC(=O)NC.CNC(=O)CCN(CCCCCNCCN(CCC(=O)NC)CCC(=O)NC)CCC(=O)NC.CNC(=O)CCNCCCCCN(CCNCCC(=O)NC)CCC(=O)NC.CNC(=O)CCNCCN(CCCCCN(CCC(=O)NC)CCC(=O)NC)CCC(=O)NC. The number of carbonyl (C=O) groups is 14. The van der Waals surface area contributed by atoms with E-state index in [1.807, 2.05) is 0 Å². The van der Waals surface area contributed by atoms with Crippen LogP contribution in [0.2, 0.25) is 0 Å². The molecule has 0 aromatic heterocycles. The fraction of sp³-hybridized carbons (Fsp3) is 0.835. The van der Waals surface area contributed by atoms with Crippen molar-refractivity contribution in [2.24, 2.45) is 0 Å². The minimum absolute atomic E-state index is 0.000587. The maximum atomic E-state index is 11.7. The number of carbonyl (C=O) groups excluding carboxylic acids is 14. The lowest BCUT2D eigenvalue weighted by atomic mass is 10.2. The summed E-state index contributed by atoms with van der Waals surface area (Å²) in [7, 11) is 23.0. The van der Waals surface area contributed by atoms with Crippen molar-refractivity contribution in [3.63, 3.8) is 0 Å². The molecule has 0 aliphatic carbocycles. The van der Waals surface area contributed by atoms with Crippen LogP contribution in [0.3, 0.4) is 0 Å². The molecule has 0 aromatic rings. The highest BCUT2D eigenvalue weighted by molar-refractivity contribution is 5.80. The van der Waals surface area contributed by atoms with Gasteiger partial charge in [-0.15, -0.1) is 0 Å². The predicted octanol–water partition coefficient (Wildman–Crippen LogP) is -2.54. The first-order valence-electron chi connectivity index (χ1n) is 45.5. The second-order valence-electron chi connectivity index (χ2n) is 30.0. The molecule has 0 saturated heterocycles. The Hall–Kier alpha value is -7.86. The molecular formula is C85H175N25O14. The number of rotatable bonds is 78. The molecule has 0 radical (unpaired) electrons. The van der Waals surface area contributed by atoms with Crippen molar-refractivity contribution in [3.8, 4) is 0 Å². The van der Waals surface area contributed by atoms with Gasteiger partial charge in [-0.2, -0.15) is 0 Å². The molecule has 39 heteroatoms. The molecule has 19 N–H and O–H groups in total. The number of unbranched alkanes of at least 4 members (excludes halogenated alkanes) is 10. The van der Waals surface area contributed by atoms with Gasteiger partial charge in [0.1, 0.15) is 0 Å². The van der Waals surface area contributed by atoms with Gasteiger partial charge >= 0.3 is 0 Å². The van der Waals surface area contributed by atoms with Crippen LogP contribution in [0.4, 0.5) is 0 Å². The largest absolute Gasteiger partial charge is 0.359 e. The summed E-state index contributed by atoms with van der Waals surface area (Å²) in [5.41, 5.74) is 0. The molecule has 0 unspecified atom stereocenters. The van der Waals surface area contributed by atoms with Crippen LogP contribution in [0.1, 0.15) is 186 Å². The highest BCUT2D eigenvalue weighted by Gasteiger charge is 2.17. The van der Waals surface area contributed by atoms with Crippen molar-refractivity contribution in [2.75, 3.05) is 282 Å². The zero-order chi connectivity index (χ0) is 93.3. The molecule has 724 valence electrons. The highest BCUT2D eigenvalue weighted by Crippen LogP contribution is 2.08. The monoisotopic (exact) mass is 1770 g/mol. The predicted molar refractivity (Wildman–Crippen MR) is 494 cm³/mol. The van der Waals surface area contributed by atoms with E-state index in [9.17, 15) is 67.1 Å². The van der Waals surface area contributed by atoms with Crippen LogP contribution in [-0.2, 0) is 67.1 Å². The van der Waals surface area contributed by atoms with Crippen molar-refractivity contribution < 1.29 is 67.1 Å². The van der Waals surface area contributed by atoms with Crippen LogP contribution in [0.25, 0.3) is 0 Å². The average Bonchev–Trinajstić information content (AvgIpc) is 0.991. The molecular weight excluding hydrogens is 1600 g/mol. The topological polar surface area (TPSA) is 487 Å². The van der Waals surface area contributed by atoms with Gasteiger partial charge in [-0.1, -0.05) is 32.1 Å². The normalized spacial score (nSPS) is 10.8. The Labute approximate surface area is 745 Å². The van der Waals surface area contributed by atoms with Crippen LogP contribution in [0.5, 0.6) is 0 Å². The molecule has 0 spiro atoms. The average molecular weight is 1770 g/mol. The van der Waals surface area contributed by atoms with E-state index >= 15 is 0 Å². The van der Waals surface area contributed by atoms with Gasteiger partial charge in [0.15, 0.2) is 0 Å². The molecule has 0 heterocycles. The molecule has 39 nitrogen and oxygen atoms in total. The number of nitrogens with one attached hydrogen (secondary N) is 19. The van der Waals surface area contributed by atoms with E-state index in [4.69, 9.17) is 0 Å². The van der Waals surface area contributed by atoms with Crippen molar-refractivity contribution in [1.82, 2.24) is 130 Å². The molecule has 0 fully saturated rings. The first kappa shape index (κ1) is 122. The summed E-state index contributed by atoms with van der Waals surface area (Å²) in [5.74, 6) is 0.388. The van der Waals surface area contributed by atoms with E-state index in [-0.39, 0.29) is 82.7 Å². The maximum Gasteiger partial charge on any atom is 0.221 e. The summed E-state index contributed by atoms with van der Waals surface area (Å²) in [5, 5.41) is 53.6. The number of hydrogen-bond donors (Lipinski definition) is 19.